The van der Waals surface area contributed by atoms with E-state index in [0.29, 0.717) is 6.54 Å². The number of carbonyl (C=O) groups is 1. The van der Waals surface area contributed by atoms with Crippen LogP contribution in [0.3, 0.4) is 0 Å². The van der Waals surface area contributed by atoms with Gasteiger partial charge < -0.3 is 9.88 Å². The summed E-state index contributed by atoms with van der Waals surface area (Å²) < 4.78 is 0. The molecule has 2 heterocycles. The number of nitrogens with one attached hydrogen (secondary N) is 1. The number of carbonyl (C=O) groups excluding carboxylic acids is 1. The quantitative estimate of drug-likeness (QED) is 0.942. The number of amides is 2. The van der Waals surface area contributed by atoms with Crippen molar-refractivity contribution in [1.82, 2.24) is 14.9 Å². The Morgan fingerprint density at radius 1 is 1.14 bits per heavy atom. The minimum Gasteiger partial charge on any atom is -0.348 e. The standard InChI is InChI=1S/C16H20N4O/c1-11-6-12(2)8-14(7-11)20-5-4-19(16(20)21)9-15-13(3)17-10-18-15/h6-8,10H,4-5,9H2,1-3H3,(H,17,18). The third-order valence-electron chi connectivity index (χ3n) is 3.89. The molecule has 1 fully saturated rings. The summed E-state index contributed by atoms with van der Waals surface area (Å²) in [7, 11) is 0. The molecule has 0 saturated carbocycles. The summed E-state index contributed by atoms with van der Waals surface area (Å²) in [5, 5.41) is 0. The Kier molecular flexibility index (Phi) is 3.41. The van der Waals surface area contributed by atoms with E-state index in [9.17, 15) is 4.79 Å². The Balaban J connectivity index is 1.78. The molecule has 1 aliphatic heterocycles. The Hall–Kier alpha value is -2.30. The van der Waals surface area contributed by atoms with Crippen molar-refractivity contribution in [3.8, 4) is 0 Å². The van der Waals surface area contributed by atoms with Crippen LogP contribution in [0.15, 0.2) is 24.5 Å². The smallest absolute Gasteiger partial charge is 0.324 e. The van der Waals surface area contributed by atoms with Gasteiger partial charge in [0.05, 0.1) is 18.6 Å². The molecule has 0 spiro atoms. The van der Waals surface area contributed by atoms with Crippen LogP contribution in [0.2, 0.25) is 0 Å². The number of urea groups is 1. The zero-order valence-corrected chi connectivity index (χ0v) is 12.7. The summed E-state index contributed by atoms with van der Waals surface area (Å²) in [4.78, 5) is 23.6. The van der Waals surface area contributed by atoms with Crippen molar-refractivity contribution in [2.24, 2.45) is 0 Å². The second-order valence-electron chi connectivity index (χ2n) is 5.68. The van der Waals surface area contributed by atoms with Gasteiger partial charge in [-0.15, -0.1) is 0 Å². The first-order valence-corrected chi connectivity index (χ1v) is 7.18. The van der Waals surface area contributed by atoms with Gasteiger partial charge >= 0.3 is 6.03 Å². The van der Waals surface area contributed by atoms with E-state index in [1.165, 1.54) is 11.1 Å². The normalized spacial score (nSPS) is 15.1. The summed E-state index contributed by atoms with van der Waals surface area (Å²) in [6.45, 7) is 8.12. The van der Waals surface area contributed by atoms with E-state index in [1.54, 1.807) is 6.33 Å². The Morgan fingerprint density at radius 2 is 1.86 bits per heavy atom. The number of aryl methyl sites for hydroxylation is 3. The maximum absolute atomic E-state index is 12.6. The zero-order chi connectivity index (χ0) is 15.0. The first kappa shape index (κ1) is 13.7. The van der Waals surface area contributed by atoms with E-state index < -0.39 is 0 Å². The number of anilines is 1. The van der Waals surface area contributed by atoms with E-state index >= 15 is 0 Å². The molecule has 1 aromatic heterocycles. The van der Waals surface area contributed by atoms with Gasteiger partial charge in [0.25, 0.3) is 0 Å². The van der Waals surface area contributed by atoms with Crippen LogP contribution in [0.25, 0.3) is 0 Å². The summed E-state index contributed by atoms with van der Waals surface area (Å²) in [6, 6.07) is 6.31. The van der Waals surface area contributed by atoms with Crippen molar-refractivity contribution >= 4 is 11.7 Å². The average molecular weight is 284 g/mol. The highest BCUT2D eigenvalue weighted by atomic mass is 16.2. The topological polar surface area (TPSA) is 52.2 Å². The molecule has 5 nitrogen and oxygen atoms in total. The predicted octanol–water partition coefficient (Wildman–Crippen LogP) is 2.78. The third kappa shape index (κ3) is 2.63. The molecule has 2 amide bonds. The van der Waals surface area contributed by atoms with E-state index in [0.717, 1.165) is 30.2 Å². The van der Waals surface area contributed by atoms with Crippen molar-refractivity contribution in [3.63, 3.8) is 0 Å². The molecule has 1 N–H and O–H groups in total. The molecule has 5 heteroatoms. The first-order chi connectivity index (χ1) is 10.0. The number of imidazole rings is 1. The highest BCUT2D eigenvalue weighted by molar-refractivity contribution is 5.94. The minimum absolute atomic E-state index is 0.0578. The maximum atomic E-state index is 12.6. The molecule has 1 aliphatic rings. The van der Waals surface area contributed by atoms with Crippen LogP contribution in [0.4, 0.5) is 10.5 Å². The molecule has 0 radical (unpaired) electrons. The van der Waals surface area contributed by atoms with Gasteiger partial charge in [0.1, 0.15) is 0 Å². The molecular formula is C16H20N4O. The van der Waals surface area contributed by atoms with E-state index in [2.05, 4.69) is 42.0 Å². The summed E-state index contributed by atoms with van der Waals surface area (Å²) >= 11 is 0. The largest absolute Gasteiger partial charge is 0.348 e. The summed E-state index contributed by atoms with van der Waals surface area (Å²) in [5.41, 5.74) is 5.30. The van der Waals surface area contributed by atoms with Crippen molar-refractivity contribution < 1.29 is 4.79 Å². The van der Waals surface area contributed by atoms with Gasteiger partial charge in [-0.25, -0.2) is 9.78 Å². The lowest BCUT2D eigenvalue weighted by atomic mass is 10.1. The number of aromatic nitrogens is 2. The number of hydrogen-bond donors (Lipinski definition) is 1. The first-order valence-electron chi connectivity index (χ1n) is 7.18. The Labute approximate surface area is 124 Å². The Morgan fingerprint density at radius 3 is 2.48 bits per heavy atom. The highest BCUT2D eigenvalue weighted by Gasteiger charge is 2.30. The van der Waals surface area contributed by atoms with Crippen molar-refractivity contribution in [3.05, 3.63) is 47.0 Å². The van der Waals surface area contributed by atoms with E-state index in [4.69, 9.17) is 0 Å². The lowest BCUT2D eigenvalue weighted by molar-refractivity contribution is 0.218. The number of rotatable bonds is 3. The van der Waals surface area contributed by atoms with Crippen LogP contribution >= 0.6 is 0 Å². The number of H-pyrrole nitrogens is 1. The molecule has 21 heavy (non-hydrogen) atoms. The van der Waals surface area contributed by atoms with Crippen LogP contribution in [-0.2, 0) is 6.54 Å². The lowest BCUT2D eigenvalue weighted by Crippen LogP contribution is -2.31. The second kappa shape index (κ2) is 5.24. The van der Waals surface area contributed by atoms with Gasteiger partial charge in [0.2, 0.25) is 0 Å². The summed E-state index contributed by atoms with van der Waals surface area (Å²) in [5.74, 6) is 0. The zero-order valence-electron chi connectivity index (χ0n) is 12.7. The monoisotopic (exact) mass is 284 g/mol. The van der Waals surface area contributed by atoms with Gasteiger partial charge in [-0.05, 0) is 44.0 Å². The molecule has 110 valence electrons. The molecule has 0 bridgehead atoms. The van der Waals surface area contributed by atoms with Gasteiger partial charge in [-0.1, -0.05) is 6.07 Å². The molecule has 0 aliphatic carbocycles. The molecule has 0 unspecified atom stereocenters. The molecule has 2 aromatic rings. The average Bonchev–Trinajstić information content (AvgIpc) is 2.97. The number of aromatic amines is 1. The summed E-state index contributed by atoms with van der Waals surface area (Å²) in [6.07, 6.45) is 1.67. The molecular weight excluding hydrogens is 264 g/mol. The molecule has 1 aromatic carbocycles. The van der Waals surface area contributed by atoms with Gasteiger partial charge in [-0.2, -0.15) is 0 Å². The fourth-order valence-corrected chi connectivity index (χ4v) is 2.80. The third-order valence-corrected chi connectivity index (χ3v) is 3.89. The van der Waals surface area contributed by atoms with Crippen LogP contribution in [0.5, 0.6) is 0 Å². The molecule has 3 rings (SSSR count). The van der Waals surface area contributed by atoms with Crippen LogP contribution in [-0.4, -0.2) is 34.0 Å². The van der Waals surface area contributed by atoms with Crippen molar-refractivity contribution in [2.45, 2.75) is 27.3 Å². The second-order valence-corrected chi connectivity index (χ2v) is 5.68. The maximum Gasteiger partial charge on any atom is 0.324 e. The van der Waals surface area contributed by atoms with Crippen LogP contribution < -0.4 is 4.90 Å². The fourth-order valence-electron chi connectivity index (χ4n) is 2.80. The molecule has 1 saturated heterocycles. The van der Waals surface area contributed by atoms with Crippen LogP contribution in [0, 0.1) is 20.8 Å². The SMILES string of the molecule is Cc1cc(C)cc(N2CCN(Cc3nc[nH]c3C)C2=O)c1. The number of benzene rings is 1. The predicted molar refractivity (Wildman–Crippen MR) is 82.4 cm³/mol. The van der Waals surface area contributed by atoms with Gasteiger partial charge in [0, 0.05) is 24.5 Å². The van der Waals surface area contributed by atoms with Crippen molar-refractivity contribution in [1.29, 1.82) is 0 Å². The van der Waals surface area contributed by atoms with E-state index in [1.807, 2.05) is 16.7 Å². The van der Waals surface area contributed by atoms with Gasteiger partial charge in [-0.3, -0.25) is 4.90 Å². The minimum atomic E-state index is 0.0578. The highest BCUT2D eigenvalue weighted by Crippen LogP contribution is 2.24. The lowest BCUT2D eigenvalue weighted by Gasteiger charge is -2.19. The number of hydrogen-bond acceptors (Lipinski definition) is 2. The fraction of sp³-hybridized carbons (Fsp3) is 0.375. The molecule has 0 atom stereocenters. The Bertz CT molecular complexity index is 656. The van der Waals surface area contributed by atoms with Crippen molar-refractivity contribution in [2.75, 3.05) is 18.0 Å². The van der Waals surface area contributed by atoms with Crippen LogP contribution in [0.1, 0.15) is 22.5 Å². The van der Waals surface area contributed by atoms with Gasteiger partial charge in [0.15, 0.2) is 0 Å². The van der Waals surface area contributed by atoms with E-state index in [-0.39, 0.29) is 6.03 Å². The number of nitrogens with zero attached hydrogens (tertiary/aromatic N) is 3.